The van der Waals surface area contributed by atoms with Crippen LogP contribution < -0.4 is 5.32 Å². The van der Waals surface area contributed by atoms with E-state index in [1.807, 2.05) is 25.1 Å². The lowest BCUT2D eigenvalue weighted by Gasteiger charge is -2.09. The van der Waals surface area contributed by atoms with Gasteiger partial charge in [-0.3, -0.25) is 0 Å². The van der Waals surface area contributed by atoms with Crippen molar-refractivity contribution in [2.45, 2.75) is 19.9 Å². The normalized spacial score (nSPS) is 12.4. The van der Waals surface area contributed by atoms with Crippen LogP contribution in [0.15, 0.2) is 18.2 Å². The van der Waals surface area contributed by atoms with Crippen molar-refractivity contribution in [3.8, 4) is 0 Å². The zero-order valence-corrected chi connectivity index (χ0v) is 10.8. The molecule has 2 rings (SSSR count). The molecule has 1 atom stereocenters. The Bertz CT molecular complexity index is 550. The highest BCUT2D eigenvalue weighted by Crippen LogP contribution is 2.28. The standard InChI is InChI=1S/C12H14N2O2S/c1-7-5-4-6-9-10(7)14-12(17-9)13-8(2)11(15)16-3/h4-6,8H,1-3H3,(H,13,14). The first kappa shape index (κ1) is 11.9. The van der Waals surface area contributed by atoms with Gasteiger partial charge in [0, 0.05) is 0 Å². The van der Waals surface area contributed by atoms with E-state index >= 15 is 0 Å². The molecule has 0 bridgehead atoms. The Kier molecular flexibility index (Phi) is 3.28. The molecule has 0 aliphatic carbocycles. The van der Waals surface area contributed by atoms with Crippen LogP contribution in [0.25, 0.3) is 10.2 Å². The van der Waals surface area contributed by atoms with Crippen LogP contribution >= 0.6 is 11.3 Å². The maximum atomic E-state index is 11.3. The number of methoxy groups -OCH3 is 1. The van der Waals surface area contributed by atoms with Crippen molar-refractivity contribution in [2.24, 2.45) is 0 Å². The summed E-state index contributed by atoms with van der Waals surface area (Å²) in [5.41, 5.74) is 2.12. The third-order valence-electron chi connectivity index (χ3n) is 2.52. The van der Waals surface area contributed by atoms with Crippen LogP contribution in [-0.4, -0.2) is 24.1 Å². The molecule has 0 saturated carbocycles. The van der Waals surface area contributed by atoms with Gasteiger partial charge < -0.3 is 10.1 Å². The van der Waals surface area contributed by atoms with E-state index in [-0.39, 0.29) is 12.0 Å². The number of aryl methyl sites for hydroxylation is 1. The summed E-state index contributed by atoms with van der Waals surface area (Å²) in [5.74, 6) is -0.291. The van der Waals surface area contributed by atoms with Gasteiger partial charge in [-0.15, -0.1) is 0 Å². The van der Waals surface area contributed by atoms with Gasteiger partial charge in [0.2, 0.25) is 0 Å². The fraction of sp³-hybridized carbons (Fsp3) is 0.333. The van der Waals surface area contributed by atoms with Crippen molar-refractivity contribution < 1.29 is 9.53 Å². The van der Waals surface area contributed by atoms with Gasteiger partial charge in [-0.1, -0.05) is 23.5 Å². The van der Waals surface area contributed by atoms with E-state index in [0.717, 1.165) is 20.9 Å². The average Bonchev–Trinajstić information content (AvgIpc) is 2.72. The number of aromatic nitrogens is 1. The Labute approximate surface area is 104 Å². The molecule has 0 aliphatic heterocycles. The zero-order valence-electron chi connectivity index (χ0n) is 9.98. The summed E-state index contributed by atoms with van der Waals surface area (Å²) in [6.07, 6.45) is 0. The first-order valence-corrected chi connectivity index (χ1v) is 6.14. The SMILES string of the molecule is COC(=O)C(C)Nc1nc2c(C)cccc2s1. The minimum Gasteiger partial charge on any atom is -0.467 e. The van der Waals surface area contributed by atoms with Crippen LogP contribution in [0.5, 0.6) is 0 Å². The number of hydrogen-bond acceptors (Lipinski definition) is 5. The Balaban J connectivity index is 2.26. The molecule has 90 valence electrons. The number of benzene rings is 1. The van der Waals surface area contributed by atoms with E-state index in [4.69, 9.17) is 0 Å². The molecular weight excluding hydrogens is 236 g/mol. The molecule has 17 heavy (non-hydrogen) atoms. The molecule has 0 radical (unpaired) electrons. The Morgan fingerprint density at radius 3 is 2.94 bits per heavy atom. The number of esters is 1. The van der Waals surface area contributed by atoms with E-state index in [9.17, 15) is 4.79 Å². The second-order valence-corrected chi connectivity index (χ2v) is 4.86. The topological polar surface area (TPSA) is 51.2 Å². The number of nitrogens with one attached hydrogen (secondary N) is 1. The highest BCUT2D eigenvalue weighted by Gasteiger charge is 2.15. The van der Waals surface area contributed by atoms with Gasteiger partial charge in [-0.05, 0) is 25.5 Å². The van der Waals surface area contributed by atoms with E-state index in [1.54, 1.807) is 6.92 Å². The van der Waals surface area contributed by atoms with Crippen molar-refractivity contribution in [1.29, 1.82) is 0 Å². The molecule has 1 aromatic heterocycles. The van der Waals surface area contributed by atoms with E-state index in [0.29, 0.717) is 0 Å². The highest BCUT2D eigenvalue weighted by molar-refractivity contribution is 7.22. The molecule has 0 aliphatic rings. The van der Waals surface area contributed by atoms with Crippen LogP contribution in [0.4, 0.5) is 5.13 Å². The number of anilines is 1. The lowest BCUT2D eigenvalue weighted by Crippen LogP contribution is -2.26. The minimum absolute atomic E-state index is 0.291. The maximum Gasteiger partial charge on any atom is 0.328 e. The fourth-order valence-corrected chi connectivity index (χ4v) is 2.60. The number of carbonyl (C=O) groups excluding carboxylic acids is 1. The molecule has 5 heteroatoms. The Hall–Kier alpha value is -1.62. The van der Waals surface area contributed by atoms with E-state index in [1.165, 1.54) is 18.4 Å². The van der Waals surface area contributed by atoms with Gasteiger partial charge in [-0.2, -0.15) is 0 Å². The highest BCUT2D eigenvalue weighted by atomic mass is 32.1. The number of thiazole rings is 1. The average molecular weight is 250 g/mol. The Morgan fingerprint density at radius 2 is 2.29 bits per heavy atom. The summed E-state index contributed by atoms with van der Waals surface area (Å²) in [6, 6.07) is 5.66. The van der Waals surface area contributed by atoms with Gasteiger partial charge in [0.25, 0.3) is 0 Å². The molecule has 0 spiro atoms. The predicted molar refractivity (Wildman–Crippen MR) is 69.5 cm³/mol. The molecule has 2 aromatic rings. The number of fused-ring (bicyclic) bond motifs is 1. The molecule has 1 aromatic carbocycles. The summed E-state index contributed by atoms with van der Waals surface area (Å²) >= 11 is 1.54. The lowest BCUT2D eigenvalue weighted by atomic mass is 10.2. The fourth-order valence-electron chi connectivity index (χ4n) is 1.57. The minimum atomic E-state index is -0.388. The molecule has 4 nitrogen and oxygen atoms in total. The second-order valence-electron chi connectivity index (χ2n) is 3.83. The molecule has 0 amide bonds. The van der Waals surface area contributed by atoms with E-state index < -0.39 is 0 Å². The Morgan fingerprint density at radius 1 is 1.53 bits per heavy atom. The van der Waals surface area contributed by atoms with Crippen LogP contribution in [0, 0.1) is 6.92 Å². The quantitative estimate of drug-likeness (QED) is 0.851. The third kappa shape index (κ3) is 2.39. The van der Waals surface area contributed by atoms with Crippen LogP contribution in [-0.2, 0) is 9.53 Å². The summed E-state index contributed by atoms with van der Waals surface area (Å²) in [4.78, 5) is 15.8. The molecule has 1 N–H and O–H groups in total. The number of para-hydroxylation sites is 1. The number of hydrogen-bond donors (Lipinski definition) is 1. The molecule has 0 fully saturated rings. The first-order chi connectivity index (χ1) is 8.11. The van der Waals surface area contributed by atoms with Crippen molar-refractivity contribution in [3.05, 3.63) is 23.8 Å². The van der Waals surface area contributed by atoms with Gasteiger partial charge >= 0.3 is 5.97 Å². The number of ether oxygens (including phenoxy) is 1. The third-order valence-corrected chi connectivity index (χ3v) is 3.47. The number of carbonyl (C=O) groups is 1. The van der Waals surface area contributed by atoms with Crippen LogP contribution in [0.3, 0.4) is 0 Å². The van der Waals surface area contributed by atoms with Gasteiger partial charge in [0.05, 0.1) is 17.3 Å². The molecule has 1 unspecified atom stereocenters. The largest absolute Gasteiger partial charge is 0.467 e. The number of rotatable bonds is 3. The van der Waals surface area contributed by atoms with Crippen molar-refractivity contribution in [1.82, 2.24) is 4.98 Å². The summed E-state index contributed by atoms with van der Waals surface area (Å²) < 4.78 is 5.77. The summed E-state index contributed by atoms with van der Waals surface area (Å²) in [7, 11) is 1.38. The van der Waals surface area contributed by atoms with Gasteiger partial charge in [0.15, 0.2) is 5.13 Å². The zero-order chi connectivity index (χ0) is 12.4. The smallest absolute Gasteiger partial charge is 0.328 e. The van der Waals surface area contributed by atoms with Crippen LogP contribution in [0.1, 0.15) is 12.5 Å². The first-order valence-electron chi connectivity index (χ1n) is 5.32. The van der Waals surface area contributed by atoms with Crippen molar-refractivity contribution >= 4 is 32.7 Å². The molecule has 1 heterocycles. The van der Waals surface area contributed by atoms with E-state index in [2.05, 4.69) is 15.0 Å². The monoisotopic (exact) mass is 250 g/mol. The van der Waals surface area contributed by atoms with Crippen LogP contribution in [0.2, 0.25) is 0 Å². The molecular formula is C12H14N2O2S. The van der Waals surface area contributed by atoms with Gasteiger partial charge in [0.1, 0.15) is 6.04 Å². The van der Waals surface area contributed by atoms with Gasteiger partial charge in [-0.25, -0.2) is 9.78 Å². The maximum absolute atomic E-state index is 11.3. The molecule has 0 saturated heterocycles. The summed E-state index contributed by atoms with van der Waals surface area (Å²) in [6.45, 7) is 3.78. The lowest BCUT2D eigenvalue weighted by molar-refractivity contribution is -0.141. The number of nitrogens with zero attached hydrogens (tertiary/aromatic N) is 1. The second kappa shape index (κ2) is 4.71. The van der Waals surface area contributed by atoms with Crippen molar-refractivity contribution in [2.75, 3.05) is 12.4 Å². The summed E-state index contributed by atoms with van der Waals surface area (Å²) in [5, 5.41) is 3.78. The predicted octanol–water partition coefficient (Wildman–Crippen LogP) is 2.58. The van der Waals surface area contributed by atoms with Crippen molar-refractivity contribution in [3.63, 3.8) is 0 Å².